The van der Waals surface area contributed by atoms with Crippen LogP contribution in [0.15, 0.2) is 35.4 Å². The van der Waals surface area contributed by atoms with Crippen LogP contribution in [0.3, 0.4) is 0 Å². The highest BCUT2D eigenvalue weighted by Gasteiger charge is 2.17. The number of aromatic nitrogens is 3. The number of rotatable bonds is 8. The van der Waals surface area contributed by atoms with Crippen molar-refractivity contribution in [1.29, 1.82) is 0 Å². The van der Waals surface area contributed by atoms with Crippen molar-refractivity contribution in [3.63, 3.8) is 0 Å². The average molecular weight is 430 g/mol. The van der Waals surface area contributed by atoms with E-state index in [4.69, 9.17) is 35.9 Å². The molecule has 30 heavy (non-hydrogen) atoms. The summed E-state index contributed by atoms with van der Waals surface area (Å²) < 4.78 is 28.7. The van der Waals surface area contributed by atoms with Gasteiger partial charge < -0.3 is 23.7 Å². The third kappa shape index (κ3) is 4.08. The van der Waals surface area contributed by atoms with Crippen LogP contribution in [-0.4, -0.2) is 56.6 Å². The zero-order chi connectivity index (χ0) is 21.7. The quantitative estimate of drug-likeness (QED) is 0.432. The van der Waals surface area contributed by atoms with Gasteiger partial charge in [-0.1, -0.05) is 0 Å². The molecule has 0 fully saturated rings. The summed E-state index contributed by atoms with van der Waals surface area (Å²) in [5.74, 6) is 3.24. The Balaban J connectivity index is 2.07. The van der Waals surface area contributed by atoms with Crippen molar-refractivity contribution in [2.45, 2.75) is 0 Å². The van der Waals surface area contributed by atoms with E-state index in [2.05, 4.69) is 15.3 Å². The fraction of sp³-hybridized carbons (Fsp3) is 0.250. The van der Waals surface area contributed by atoms with Crippen LogP contribution >= 0.6 is 12.2 Å². The highest BCUT2D eigenvalue weighted by atomic mass is 32.1. The van der Waals surface area contributed by atoms with Gasteiger partial charge in [-0.2, -0.15) is 14.9 Å². The summed E-state index contributed by atoms with van der Waals surface area (Å²) in [6.45, 7) is 0. The van der Waals surface area contributed by atoms with Crippen LogP contribution in [0.5, 0.6) is 28.7 Å². The zero-order valence-corrected chi connectivity index (χ0v) is 18.1. The molecule has 0 unspecified atom stereocenters. The molecule has 3 aromatic rings. The fourth-order valence-electron chi connectivity index (χ4n) is 2.84. The normalized spacial score (nSPS) is 10.8. The third-order valence-corrected chi connectivity index (χ3v) is 4.59. The molecule has 0 amide bonds. The highest BCUT2D eigenvalue weighted by Crippen LogP contribution is 2.40. The molecule has 1 N–H and O–H groups in total. The lowest BCUT2D eigenvalue weighted by atomic mass is 10.1. The minimum absolute atomic E-state index is 0.322. The second-order valence-electron chi connectivity index (χ2n) is 5.93. The number of ether oxygens (including phenoxy) is 5. The lowest BCUT2D eigenvalue weighted by Gasteiger charge is -2.13. The number of aromatic amines is 1. The monoisotopic (exact) mass is 430 g/mol. The van der Waals surface area contributed by atoms with Crippen molar-refractivity contribution in [3.05, 3.63) is 40.7 Å². The molecule has 3 rings (SSSR count). The Morgan fingerprint density at radius 1 is 0.900 bits per heavy atom. The van der Waals surface area contributed by atoms with Crippen LogP contribution in [0, 0.1) is 4.77 Å². The summed E-state index contributed by atoms with van der Waals surface area (Å²) in [6.07, 6.45) is 1.63. The third-order valence-electron chi connectivity index (χ3n) is 4.33. The highest BCUT2D eigenvalue weighted by molar-refractivity contribution is 7.71. The van der Waals surface area contributed by atoms with E-state index in [1.807, 2.05) is 12.1 Å². The molecule has 158 valence electrons. The molecule has 0 aliphatic rings. The minimum atomic E-state index is 0.322. The predicted octanol–water partition coefficient (Wildman–Crippen LogP) is 3.53. The first kappa shape index (κ1) is 21.2. The topological polar surface area (TPSA) is 92.1 Å². The first-order chi connectivity index (χ1) is 14.6. The lowest BCUT2D eigenvalue weighted by Crippen LogP contribution is -1.99. The van der Waals surface area contributed by atoms with E-state index in [1.165, 1.54) is 4.68 Å². The van der Waals surface area contributed by atoms with Gasteiger partial charge in [0.25, 0.3) is 0 Å². The molecule has 0 spiro atoms. The second kappa shape index (κ2) is 9.31. The first-order valence-electron chi connectivity index (χ1n) is 8.80. The van der Waals surface area contributed by atoms with Gasteiger partial charge in [0.2, 0.25) is 10.5 Å². The molecule has 0 bridgehead atoms. The molecule has 1 aromatic heterocycles. The van der Waals surface area contributed by atoms with Gasteiger partial charge in [-0.3, -0.25) is 0 Å². The van der Waals surface area contributed by atoms with Crippen molar-refractivity contribution < 1.29 is 23.7 Å². The number of nitrogens with zero attached hydrogens (tertiary/aromatic N) is 3. The van der Waals surface area contributed by atoms with Gasteiger partial charge in [0.15, 0.2) is 17.3 Å². The summed E-state index contributed by atoms with van der Waals surface area (Å²) in [6, 6.07) is 8.97. The van der Waals surface area contributed by atoms with Crippen molar-refractivity contribution in [2.24, 2.45) is 5.10 Å². The smallest absolute Gasteiger partial charge is 0.216 e. The Kier molecular flexibility index (Phi) is 6.58. The molecule has 0 aliphatic heterocycles. The molecular formula is C20H22N4O5S. The number of H-pyrrole nitrogens is 1. The summed E-state index contributed by atoms with van der Waals surface area (Å²) >= 11 is 5.35. The van der Waals surface area contributed by atoms with Crippen molar-refractivity contribution >= 4 is 18.4 Å². The minimum Gasteiger partial charge on any atom is -0.497 e. The average Bonchev–Trinajstić information content (AvgIpc) is 3.16. The van der Waals surface area contributed by atoms with Crippen LogP contribution in [0.2, 0.25) is 0 Å². The van der Waals surface area contributed by atoms with Crippen LogP contribution in [0.4, 0.5) is 0 Å². The van der Waals surface area contributed by atoms with Crippen LogP contribution in [-0.2, 0) is 0 Å². The molecule has 0 saturated heterocycles. The van der Waals surface area contributed by atoms with E-state index < -0.39 is 0 Å². The molecule has 9 nitrogen and oxygen atoms in total. The summed E-state index contributed by atoms with van der Waals surface area (Å²) in [5.41, 5.74) is 1.42. The Bertz CT molecular complexity index is 1100. The largest absolute Gasteiger partial charge is 0.497 e. The number of nitrogens with one attached hydrogen (secondary N) is 1. The molecule has 1 heterocycles. The van der Waals surface area contributed by atoms with E-state index in [-0.39, 0.29) is 0 Å². The van der Waals surface area contributed by atoms with Gasteiger partial charge in [-0.15, -0.1) is 0 Å². The number of hydrogen-bond acceptors (Lipinski definition) is 8. The van der Waals surface area contributed by atoms with Gasteiger partial charge in [-0.05, 0) is 36.5 Å². The zero-order valence-electron chi connectivity index (χ0n) is 17.3. The maximum atomic E-state index is 5.42. The van der Waals surface area contributed by atoms with Crippen LogP contribution in [0.25, 0.3) is 11.4 Å². The molecule has 10 heteroatoms. The van der Waals surface area contributed by atoms with E-state index in [0.717, 1.165) is 5.56 Å². The van der Waals surface area contributed by atoms with Gasteiger partial charge in [0.05, 0.1) is 41.8 Å². The van der Waals surface area contributed by atoms with E-state index >= 15 is 0 Å². The molecule has 0 radical (unpaired) electrons. The predicted molar refractivity (Wildman–Crippen MR) is 115 cm³/mol. The van der Waals surface area contributed by atoms with E-state index in [1.54, 1.807) is 60.0 Å². The van der Waals surface area contributed by atoms with Gasteiger partial charge in [0.1, 0.15) is 11.5 Å². The molecule has 2 aromatic carbocycles. The summed E-state index contributed by atoms with van der Waals surface area (Å²) in [7, 11) is 7.81. The Morgan fingerprint density at radius 2 is 1.57 bits per heavy atom. The fourth-order valence-corrected chi connectivity index (χ4v) is 3.02. The molecule has 0 atom stereocenters. The van der Waals surface area contributed by atoms with Gasteiger partial charge >= 0.3 is 0 Å². The number of benzene rings is 2. The number of methoxy groups -OCH3 is 5. The standard InChI is InChI=1S/C20H22N4O5S/c1-25-14-7-6-12(15(10-14)26-2)11-21-24-19(22-23-20(24)30)13-8-16(27-3)18(29-5)17(9-13)28-4/h6-11H,1-5H3,(H,23,30)/b21-11+. The van der Waals surface area contributed by atoms with Gasteiger partial charge in [-0.25, -0.2) is 5.10 Å². The van der Waals surface area contributed by atoms with Crippen molar-refractivity contribution in [3.8, 4) is 40.1 Å². The van der Waals surface area contributed by atoms with Crippen molar-refractivity contribution in [1.82, 2.24) is 14.9 Å². The summed E-state index contributed by atoms with van der Waals surface area (Å²) in [4.78, 5) is 0. The van der Waals surface area contributed by atoms with Crippen molar-refractivity contribution in [2.75, 3.05) is 35.5 Å². The van der Waals surface area contributed by atoms with Gasteiger partial charge in [0, 0.05) is 17.2 Å². The second-order valence-corrected chi connectivity index (χ2v) is 6.32. The lowest BCUT2D eigenvalue weighted by molar-refractivity contribution is 0.324. The molecule has 0 saturated carbocycles. The van der Waals surface area contributed by atoms with E-state index in [0.29, 0.717) is 44.9 Å². The molecule has 0 aliphatic carbocycles. The Labute approximate surface area is 178 Å². The Hall–Kier alpha value is -3.53. The maximum Gasteiger partial charge on any atom is 0.216 e. The maximum absolute atomic E-state index is 5.42. The number of hydrogen-bond donors (Lipinski definition) is 1. The first-order valence-corrected chi connectivity index (χ1v) is 9.21. The molecular weight excluding hydrogens is 408 g/mol. The summed E-state index contributed by atoms with van der Waals surface area (Å²) in [5, 5.41) is 11.6. The Morgan fingerprint density at radius 3 is 2.13 bits per heavy atom. The van der Waals surface area contributed by atoms with Crippen LogP contribution < -0.4 is 23.7 Å². The van der Waals surface area contributed by atoms with Crippen LogP contribution in [0.1, 0.15) is 5.56 Å². The van der Waals surface area contributed by atoms with E-state index in [9.17, 15) is 0 Å². The SMILES string of the molecule is COc1ccc(/C=N/n2c(-c3cc(OC)c(OC)c(OC)c3)n[nH]c2=S)c(OC)c1.